The van der Waals surface area contributed by atoms with Crippen LogP contribution in [0.5, 0.6) is 0 Å². The number of pyridine rings is 1. The normalized spacial score (nSPS) is 11.6. The second kappa shape index (κ2) is 10.2. The van der Waals surface area contributed by atoms with Crippen LogP contribution in [0.4, 0.5) is 17.1 Å². The van der Waals surface area contributed by atoms with E-state index in [2.05, 4.69) is 143 Å². The first-order chi connectivity index (χ1) is 22.3. The molecule has 0 radical (unpaired) electrons. The maximum atomic E-state index is 6.18. The largest absolute Gasteiger partial charge is 0.454 e. The van der Waals surface area contributed by atoms with Crippen molar-refractivity contribution in [3.8, 4) is 16.8 Å². The predicted octanol–water partition coefficient (Wildman–Crippen LogP) is 11.2. The van der Waals surface area contributed by atoms with Crippen molar-refractivity contribution in [2.24, 2.45) is 0 Å². The van der Waals surface area contributed by atoms with Gasteiger partial charge < -0.3 is 13.9 Å². The summed E-state index contributed by atoms with van der Waals surface area (Å²) in [5.41, 5.74) is 11.4. The van der Waals surface area contributed by atoms with Crippen LogP contribution >= 0.6 is 0 Å². The van der Waals surface area contributed by atoms with Gasteiger partial charge in [0.15, 0.2) is 5.58 Å². The molecule has 4 nitrogen and oxygen atoms in total. The number of anilines is 3. The molecule has 0 atom stereocenters. The van der Waals surface area contributed by atoms with Gasteiger partial charge in [-0.2, -0.15) is 0 Å². The SMILES string of the molecule is c1ccc(N(c2ccc(-c3ccc(-n4c5ccccc5c5ccccc54)cc3)cc2)c2cnc3c(c2)oc2ccccc23)cc1. The van der Waals surface area contributed by atoms with Gasteiger partial charge in [-0.1, -0.05) is 91.0 Å². The summed E-state index contributed by atoms with van der Waals surface area (Å²) in [5.74, 6) is 0. The summed E-state index contributed by atoms with van der Waals surface area (Å²) in [7, 11) is 0. The van der Waals surface area contributed by atoms with E-state index in [1.54, 1.807) is 0 Å². The number of rotatable bonds is 5. The van der Waals surface area contributed by atoms with E-state index in [0.29, 0.717) is 0 Å². The average molecular weight is 578 g/mol. The highest BCUT2D eigenvalue weighted by Crippen LogP contribution is 2.38. The Morgan fingerprint density at radius 2 is 1.02 bits per heavy atom. The molecule has 3 heterocycles. The van der Waals surface area contributed by atoms with Crippen molar-refractivity contribution in [1.29, 1.82) is 0 Å². The number of furan rings is 1. The number of para-hydroxylation sites is 4. The highest BCUT2D eigenvalue weighted by atomic mass is 16.3. The molecule has 6 aromatic carbocycles. The molecule has 0 aliphatic carbocycles. The summed E-state index contributed by atoms with van der Waals surface area (Å²) in [6, 6.07) is 55.3. The van der Waals surface area contributed by atoms with Crippen LogP contribution in [-0.4, -0.2) is 9.55 Å². The van der Waals surface area contributed by atoms with E-state index in [-0.39, 0.29) is 0 Å². The Labute approximate surface area is 260 Å². The van der Waals surface area contributed by atoms with Crippen LogP contribution in [0, 0.1) is 0 Å². The zero-order chi connectivity index (χ0) is 29.7. The molecule has 0 fully saturated rings. The fraction of sp³-hybridized carbons (Fsp3) is 0. The lowest BCUT2D eigenvalue weighted by Crippen LogP contribution is -2.10. The van der Waals surface area contributed by atoms with E-state index in [4.69, 9.17) is 9.40 Å². The van der Waals surface area contributed by atoms with Gasteiger partial charge in [0.25, 0.3) is 0 Å². The zero-order valence-corrected chi connectivity index (χ0v) is 24.3. The fourth-order valence-corrected chi connectivity index (χ4v) is 6.54. The van der Waals surface area contributed by atoms with E-state index in [0.717, 1.165) is 50.4 Å². The third-order valence-electron chi connectivity index (χ3n) is 8.64. The van der Waals surface area contributed by atoms with Gasteiger partial charge in [-0.25, -0.2) is 4.98 Å². The van der Waals surface area contributed by atoms with Crippen molar-refractivity contribution in [2.75, 3.05) is 4.90 Å². The van der Waals surface area contributed by atoms with Gasteiger partial charge in [-0.05, 0) is 71.8 Å². The molecule has 0 aliphatic rings. The maximum Gasteiger partial charge on any atom is 0.155 e. The molecule has 0 unspecified atom stereocenters. The lowest BCUT2D eigenvalue weighted by Gasteiger charge is -2.25. The summed E-state index contributed by atoms with van der Waals surface area (Å²) in [6.07, 6.45) is 1.93. The summed E-state index contributed by atoms with van der Waals surface area (Å²) in [6.45, 7) is 0. The molecule has 9 aromatic rings. The smallest absolute Gasteiger partial charge is 0.155 e. The number of aromatic nitrogens is 2. The van der Waals surface area contributed by atoms with Crippen molar-refractivity contribution in [3.63, 3.8) is 0 Å². The second-order valence-electron chi connectivity index (χ2n) is 11.3. The lowest BCUT2D eigenvalue weighted by atomic mass is 10.0. The Morgan fingerprint density at radius 3 is 1.71 bits per heavy atom. The zero-order valence-electron chi connectivity index (χ0n) is 24.3. The van der Waals surface area contributed by atoms with Gasteiger partial charge in [0.05, 0.1) is 22.9 Å². The number of benzene rings is 6. The molecule has 0 spiro atoms. The standard InChI is InChI=1S/C41H27N3O/c1-2-10-30(11-3-1)43(33-26-40-41(42-27-33)36-14-6-9-17-39(36)45-40)31-22-18-28(19-23-31)29-20-24-32(25-21-29)44-37-15-7-4-12-34(37)35-13-5-8-16-38(35)44/h1-27H. The van der Waals surface area contributed by atoms with E-state index in [9.17, 15) is 0 Å². The molecule has 9 rings (SSSR count). The van der Waals surface area contributed by atoms with Crippen molar-refractivity contribution in [1.82, 2.24) is 9.55 Å². The molecular weight excluding hydrogens is 550 g/mol. The highest BCUT2D eigenvalue weighted by Gasteiger charge is 2.17. The van der Waals surface area contributed by atoms with Gasteiger partial charge in [0.1, 0.15) is 11.1 Å². The molecule has 3 aromatic heterocycles. The van der Waals surface area contributed by atoms with E-state index < -0.39 is 0 Å². The number of nitrogens with zero attached hydrogens (tertiary/aromatic N) is 3. The quantitative estimate of drug-likeness (QED) is 0.204. The van der Waals surface area contributed by atoms with Crippen LogP contribution in [-0.2, 0) is 0 Å². The second-order valence-corrected chi connectivity index (χ2v) is 11.3. The first kappa shape index (κ1) is 25.4. The number of hydrogen-bond donors (Lipinski definition) is 0. The Hall–Kier alpha value is -6.13. The molecule has 0 amide bonds. The lowest BCUT2D eigenvalue weighted by molar-refractivity contribution is 0.668. The van der Waals surface area contributed by atoms with Crippen LogP contribution in [0.25, 0.3) is 60.7 Å². The van der Waals surface area contributed by atoms with E-state index in [1.165, 1.54) is 27.4 Å². The van der Waals surface area contributed by atoms with Gasteiger partial charge in [0, 0.05) is 39.3 Å². The van der Waals surface area contributed by atoms with Gasteiger partial charge >= 0.3 is 0 Å². The monoisotopic (exact) mass is 577 g/mol. The summed E-state index contributed by atoms with van der Waals surface area (Å²) >= 11 is 0. The molecule has 0 N–H and O–H groups in total. The van der Waals surface area contributed by atoms with Crippen LogP contribution < -0.4 is 4.90 Å². The van der Waals surface area contributed by atoms with Crippen molar-refractivity contribution in [2.45, 2.75) is 0 Å². The minimum Gasteiger partial charge on any atom is -0.454 e. The first-order valence-corrected chi connectivity index (χ1v) is 15.1. The molecular formula is C41H27N3O. The Morgan fingerprint density at radius 1 is 0.467 bits per heavy atom. The van der Waals surface area contributed by atoms with Crippen LogP contribution in [0.1, 0.15) is 0 Å². The van der Waals surface area contributed by atoms with E-state index in [1.807, 2.05) is 30.5 Å². The van der Waals surface area contributed by atoms with Crippen molar-refractivity contribution < 1.29 is 4.42 Å². The van der Waals surface area contributed by atoms with Crippen molar-refractivity contribution in [3.05, 3.63) is 164 Å². The molecule has 212 valence electrons. The minimum absolute atomic E-state index is 0.773. The van der Waals surface area contributed by atoms with Gasteiger partial charge in [-0.15, -0.1) is 0 Å². The van der Waals surface area contributed by atoms with E-state index >= 15 is 0 Å². The van der Waals surface area contributed by atoms with Crippen LogP contribution in [0.3, 0.4) is 0 Å². The molecule has 45 heavy (non-hydrogen) atoms. The van der Waals surface area contributed by atoms with Crippen LogP contribution in [0.2, 0.25) is 0 Å². The number of hydrogen-bond acceptors (Lipinski definition) is 3. The third kappa shape index (κ3) is 4.19. The first-order valence-electron chi connectivity index (χ1n) is 15.1. The van der Waals surface area contributed by atoms with Crippen molar-refractivity contribution >= 4 is 60.9 Å². The fourth-order valence-electron chi connectivity index (χ4n) is 6.54. The molecule has 4 heteroatoms. The summed E-state index contributed by atoms with van der Waals surface area (Å²) in [4.78, 5) is 7.05. The molecule has 0 saturated heterocycles. The molecule has 0 saturated carbocycles. The van der Waals surface area contributed by atoms with Crippen LogP contribution in [0.15, 0.2) is 168 Å². The Balaban J connectivity index is 1.08. The third-order valence-corrected chi connectivity index (χ3v) is 8.64. The maximum absolute atomic E-state index is 6.18. The summed E-state index contributed by atoms with van der Waals surface area (Å²) < 4.78 is 8.53. The predicted molar refractivity (Wildman–Crippen MR) is 186 cm³/mol. The highest BCUT2D eigenvalue weighted by molar-refractivity contribution is 6.09. The molecule has 0 bridgehead atoms. The van der Waals surface area contributed by atoms with Gasteiger partial charge in [-0.3, -0.25) is 0 Å². The molecule has 0 aliphatic heterocycles. The Bertz CT molecular complexity index is 2420. The average Bonchev–Trinajstić information content (AvgIpc) is 3.65. The topological polar surface area (TPSA) is 34.2 Å². The minimum atomic E-state index is 0.773. The number of fused-ring (bicyclic) bond motifs is 6. The summed E-state index contributed by atoms with van der Waals surface area (Å²) in [5, 5.41) is 3.56. The van der Waals surface area contributed by atoms with Gasteiger partial charge in [0.2, 0.25) is 0 Å². The Kier molecular flexibility index (Phi) is 5.78.